The van der Waals surface area contributed by atoms with Gasteiger partial charge in [-0.15, -0.1) is 0 Å². The Balaban J connectivity index is 2.17. The van der Waals surface area contributed by atoms with E-state index < -0.39 is 11.5 Å². The highest BCUT2D eigenvalue weighted by molar-refractivity contribution is 6.30. The molecule has 0 unspecified atom stereocenters. The van der Waals surface area contributed by atoms with Gasteiger partial charge in [0.15, 0.2) is 5.60 Å². The number of aromatic nitrogens is 2. The number of nitrogens with zero attached hydrogens (tertiary/aromatic N) is 2. The van der Waals surface area contributed by atoms with Crippen molar-refractivity contribution in [3.8, 4) is 0 Å². The molecule has 5 nitrogen and oxygen atoms in total. The maximum absolute atomic E-state index is 12.6. The Hall–Kier alpha value is -1.85. The van der Waals surface area contributed by atoms with Gasteiger partial charge < -0.3 is 10.4 Å². The normalized spacial score (nSPS) is 13.6. The van der Waals surface area contributed by atoms with Crippen LogP contribution in [-0.2, 0) is 30.4 Å². The van der Waals surface area contributed by atoms with Gasteiger partial charge in [-0.05, 0) is 30.5 Å². The van der Waals surface area contributed by atoms with Crippen LogP contribution in [0.2, 0.25) is 5.02 Å². The molecule has 1 aromatic heterocycles. The predicted molar refractivity (Wildman–Crippen MR) is 90.1 cm³/mol. The lowest BCUT2D eigenvalue weighted by molar-refractivity contribution is -0.141. The zero-order valence-corrected chi connectivity index (χ0v) is 14.4. The van der Waals surface area contributed by atoms with E-state index in [-0.39, 0.29) is 6.42 Å². The maximum atomic E-state index is 12.6. The van der Waals surface area contributed by atoms with Crippen LogP contribution in [0.25, 0.3) is 0 Å². The highest BCUT2D eigenvalue weighted by atomic mass is 35.5. The van der Waals surface area contributed by atoms with E-state index in [0.29, 0.717) is 17.1 Å². The smallest absolute Gasteiger partial charge is 0.256 e. The molecule has 0 saturated carbocycles. The topological polar surface area (TPSA) is 67.2 Å². The molecule has 2 aromatic rings. The summed E-state index contributed by atoms with van der Waals surface area (Å²) < 4.78 is 1.73. The summed E-state index contributed by atoms with van der Waals surface area (Å²) in [6, 6.07) is 6.76. The lowest BCUT2D eigenvalue weighted by atomic mass is 9.90. The molecule has 0 aliphatic carbocycles. The largest absolute Gasteiger partial charge is 0.375 e. The van der Waals surface area contributed by atoms with E-state index >= 15 is 0 Å². The molecule has 6 heteroatoms. The van der Waals surface area contributed by atoms with Gasteiger partial charge in [0.2, 0.25) is 0 Å². The number of rotatable bonds is 6. The monoisotopic (exact) mass is 335 g/mol. The Bertz CT molecular complexity index is 699. The second-order valence-electron chi connectivity index (χ2n) is 5.54. The first-order valence-corrected chi connectivity index (χ1v) is 8.06. The summed E-state index contributed by atoms with van der Waals surface area (Å²) in [7, 11) is 1.85. The molecular formula is C17H22ClN3O2. The minimum atomic E-state index is -1.60. The van der Waals surface area contributed by atoms with Gasteiger partial charge in [-0.2, -0.15) is 5.10 Å². The van der Waals surface area contributed by atoms with Gasteiger partial charge in [-0.25, -0.2) is 0 Å². The van der Waals surface area contributed by atoms with Gasteiger partial charge in [0, 0.05) is 30.4 Å². The van der Waals surface area contributed by atoms with Crippen molar-refractivity contribution < 1.29 is 9.90 Å². The molecule has 1 heterocycles. The summed E-state index contributed by atoms with van der Waals surface area (Å²) >= 11 is 5.97. The van der Waals surface area contributed by atoms with Crippen LogP contribution in [0, 0.1) is 0 Å². The van der Waals surface area contributed by atoms with Gasteiger partial charge in [-0.3, -0.25) is 9.48 Å². The molecular weight excluding hydrogens is 314 g/mol. The number of nitrogens with one attached hydrogen (secondary N) is 1. The lowest BCUT2D eigenvalue weighted by Crippen LogP contribution is -2.43. The van der Waals surface area contributed by atoms with Crippen LogP contribution in [0.1, 0.15) is 37.1 Å². The van der Waals surface area contributed by atoms with Gasteiger partial charge >= 0.3 is 0 Å². The molecule has 1 amide bonds. The first-order valence-electron chi connectivity index (χ1n) is 7.68. The molecule has 1 aromatic carbocycles. The molecule has 0 aliphatic rings. The van der Waals surface area contributed by atoms with E-state index in [1.807, 2.05) is 20.2 Å². The molecule has 0 radical (unpaired) electrons. The van der Waals surface area contributed by atoms with Crippen molar-refractivity contribution in [3.05, 3.63) is 52.3 Å². The molecule has 1 atom stereocenters. The van der Waals surface area contributed by atoms with Crippen molar-refractivity contribution in [2.75, 3.05) is 0 Å². The summed E-state index contributed by atoms with van der Waals surface area (Å²) in [5.41, 5.74) is 0.787. The van der Waals surface area contributed by atoms with Crippen LogP contribution in [0.15, 0.2) is 30.5 Å². The summed E-state index contributed by atoms with van der Waals surface area (Å²) in [6.07, 6.45) is 2.93. The number of benzene rings is 1. The van der Waals surface area contributed by atoms with Gasteiger partial charge in [0.1, 0.15) is 0 Å². The van der Waals surface area contributed by atoms with Crippen LogP contribution in [-0.4, -0.2) is 20.8 Å². The van der Waals surface area contributed by atoms with Crippen LogP contribution in [0.4, 0.5) is 0 Å². The molecule has 0 saturated heterocycles. The molecule has 0 bridgehead atoms. The number of carbonyl (C=O) groups is 1. The summed E-state index contributed by atoms with van der Waals surface area (Å²) in [5, 5.41) is 18.4. The molecule has 23 heavy (non-hydrogen) atoms. The van der Waals surface area contributed by atoms with Crippen LogP contribution in [0.3, 0.4) is 0 Å². The predicted octanol–water partition coefficient (Wildman–Crippen LogP) is 2.55. The third kappa shape index (κ3) is 3.74. The zero-order valence-electron chi connectivity index (χ0n) is 13.6. The molecule has 0 fully saturated rings. The van der Waals surface area contributed by atoms with E-state index in [9.17, 15) is 9.90 Å². The minimum Gasteiger partial charge on any atom is -0.375 e. The Morgan fingerprint density at radius 3 is 2.78 bits per heavy atom. The number of halogens is 1. The summed E-state index contributed by atoms with van der Waals surface area (Å²) in [6.45, 7) is 4.11. The number of aliphatic hydroxyl groups is 1. The third-order valence-electron chi connectivity index (χ3n) is 3.96. The molecule has 0 aliphatic heterocycles. The lowest BCUT2D eigenvalue weighted by Gasteiger charge is -2.26. The Kier molecular flexibility index (Phi) is 5.44. The second-order valence-corrected chi connectivity index (χ2v) is 5.97. The van der Waals surface area contributed by atoms with Crippen LogP contribution in [0.5, 0.6) is 0 Å². The number of amides is 1. The fourth-order valence-corrected chi connectivity index (χ4v) is 2.78. The summed E-state index contributed by atoms with van der Waals surface area (Å²) in [5.74, 6) is -0.437. The van der Waals surface area contributed by atoms with Gasteiger partial charge in [0.05, 0.1) is 5.69 Å². The van der Waals surface area contributed by atoms with Crippen molar-refractivity contribution in [2.45, 2.75) is 38.8 Å². The quantitative estimate of drug-likeness (QED) is 0.852. The number of hydrogen-bond acceptors (Lipinski definition) is 3. The van der Waals surface area contributed by atoms with Crippen LogP contribution < -0.4 is 5.32 Å². The Morgan fingerprint density at radius 2 is 2.17 bits per heavy atom. The second kappa shape index (κ2) is 7.15. The highest BCUT2D eigenvalue weighted by Crippen LogP contribution is 2.27. The zero-order chi connectivity index (χ0) is 17.0. The van der Waals surface area contributed by atoms with Crippen LogP contribution >= 0.6 is 11.6 Å². The van der Waals surface area contributed by atoms with Crippen molar-refractivity contribution >= 4 is 17.5 Å². The maximum Gasteiger partial charge on any atom is 0.256 e. The fourth-order valence-electron chi connectivity index (χ4n) is 2.59. The van der Waals surface area contributed by atoms with Gasteiger partial charge in [0.25, 0.3) is 5.91 Å². The average molecular weight is 336 g/mol. The van der Waals surface area contributed by atoms with Crippen molar-refractivity contribution in [1.82, 2.24) is 15.1 Å². The van der Waals surface area contributed by atoms with Gasteiger partial charge in [-0.1, -0.05) is 37.6 Å². The number of hydrogen-bond donors (Lipinski definition) is 2. The number of carbonyl (C=O) groups excluding carboxylic acids is 1. The van der Waals surface area contributed by atoms with Crippen molar-refractivity contribution in [2.24, 2.45) is 7.05 Å². The van der Waals surface area contributed by atoms with E-state index in [4.69, 9.17) is 11.6 Å². The Labute approximate surface area is 141 Å². The Morgan fingerprint density at radius 1 is 1.43 bits per heavy atom. The fraction of sp³-hybridized carbons (Fsp3) is 0.412. The SMILES string of the molecule is CCc1nn(C)cc1CNC(=O)[C@](O)(CC)c1cccc(Cl)c1. The highest BCUT2D eigenvalue weighted by Gasteiger charge is 2.36. The molecule has 124 valence electrons. The standard InChI is InChI=1S/C17H22ClN3O2/c1-4-15-12(11-21(3)20-15)10-19-16(22)17(23,5-2)13-7-6-8-14(18)9-13/h6-9,11,23H,4-5,10H2,1-3H3,(H,19,22)/t17-/m0/s1. The average Bonchev–Trinajstić information content (AvgIpc) is 2.91. The van der Waals surface area contributed by atoms with E-state index in [0.717, 1.165) is 17.7 Å². The molecule has 0 spiro atoms. The van der Waals surface area contributed by atoms with E-state index in [1.165, 1.54) is 0 Å². The van der Waals surface area contributed by atoms with Crippen molar-refractivity contribution in [1.29, 1.82) is 0 Å². The first kappa shape index (κ1) is 17.5. The third-order valence-corrected chi connectivity index (χ3v) is 4.19. The van der Waals surface area contributed by atoms with E-state index in [2.05, 4.69) is 10.4 Å². The first-order chi connectivity index (χ1) is 10.9. The molecule has 2 N–H and O–H groups in total. The minimum absolute atomic E-state index is 0.257. The number of aryl methyl sites for hydroxylation is 2. The van der Waals surface area contributed by atoms with E-state index in [1.54, 1.807) is 35.9 Å². The summed E-state index contributed by atoms with van der Waals surface area (Å²) in [4.78, 5) is 12.6. The molecule has 2 rings (SSSR count). The van der Waals surface area contributed by atoms with Crippen molar-refractivity contribution in [3.63, 3.8) is 0 Å².